The second-order valence-electron chi connectivity index (χ2n) is 6.48. The third kappa shape index (κ3) is 3.26. The van der Waals surface area contributed by atoms with Gasteiger partial charge in [-0.15, -0.1) is 11.3 Å². The van der Waals surface area contributed by atoms with Crippen LogP contribution in [0.3, 0.4) is 0 Å². The molecule has 25 heavy (non-hydrogen) atoms. The zero-order valence-electron chi connectivity index (χ0n) is 13.7. The van der Waals surface area contributed by atoms with E-state index in [1.807, 2.05) is 6.07 Å². The van der Waals surface area contributed by atoms with Gasteiger partial charge in [0.1, 0.15) is 0 Å². The van der Waals surface area contributed by atoms with Gasteiger partial charge in [-0.25, -0.2) is 4.79 Å². The molecule has 1 amide bonds. The summed E-state index contributed by atoms with van der Waals surface area (Å²) in [6, 6.07) is 12.5. The number of thiophene rings is 1. The third-order valence-electron chi connectivity index (χ3n) is 4.98. The molecule has 4 rings (SSSR count). The molecule has 0 bridgehead atoms. The van der Waals surface area contributed by atoms with Gasteiger partial charge in [-0.1, -0.05) is 29.8 Å². The number of rotatable bonds is 3. The van der Waals surface area contributed by atoms with Crippen molar-refractivity contribution in [2.24, 2.45) is 0 Å². The maximum absolute atomic E-state index is 11.1. The van der Waals surface area contributed by atoms with Crippen molar-refractivity contribution in [2.75, 3.05) is 13.1 Å². The van der Waals surface area contributed by atoms with Crippen LogP contribution in [0, 0.1) is 0 Å². The van der Waals surface area contributed by atoms with Crippen LogP contribution < -0.4 is 0 Å². The Kier molecular flexibility index (Phi) is 4.44. The van der Waals surface area contributed by atoms with E-state index in [-0.39, 0.29) is 0 Å². The first-order valence-corrected chi connectivity index (χ1v) is 9.61. The Bertz CT molecular complexity index is 909. The van der Waals surface area contributed by atoms with Gasteiger partial charge in [-0.2, -0.15) is 0 Å². The van der Waals surface area contributed by atoms with E-state index in [1.54, 1.807) is 11.3 Å². The normalized spacial score (nSPS) is 15.8. The summed E-state index contributed by atoms with van der Waals surface area (Å²) in [6.07, 6.45) is 3.20. The monoisotopic (exact) mass is 374 g/mol. The first-order chi connectivity index (χ1) is 12.1. The zero-order valence-corrected chi connectivity index (χ0v) is 15.3. The number of amides is 1. The van der Waals surface area contributed by atoms with Crippen LogP contribution in [-0.2, 0) is 6.54 Å². The van der Waals surface area contributed by atoms with E-state index >= 15 is 0 Å². The van der Waals surface area contributed by atoms with Crippen LogP contribution in [0.25, 0.3) is 10.9 Å². The van der Waals surface area contributed by atoms with E-state index < -0.39 is 6.09 Å². The largest absolute Gasteiger partial charge is 0.465 e. The van der Waals surface area contributed by atoms with Gasteiger partial charge in [-0.3, -0.25) is 0 Å². The Hall–Kier alpha value is -1.98. The van der Waals surface area contributed by atoms with Gasteiger partial charge < -0.3 is 14.6 Å². The number of piperidine rings is 1. The summed E-state index contributed by atoms with van der Waals surface area (Å²) in [6.45, 7) is 2.03. The van der Waals surface area contributed by atoms with Crippen LogP contribution in [0.1, 0.15) is 29.2 Å². The Morgan fingerprint density at radius 3 is 2.64 bits per heavy atom. The van der Waals surface area contributed by atoms with E-state index in [0.29, 0.717) is 19.0 Å². The summed E-state index contributed by atoms with van der Waals surface area (Å²) < 4.78 is 3.10. The summed E-state index contributed by atoms with van der Waals surface area (Å²) in [4.78, 5) is 13.9. The van der Waals surface area contributed by atoms with Crippen LogP contribution in [0.15, 0.2) is 42.6 Å². The molecule has 0 saturated carbocycles. The second kappa shape index (κ2) is 6.73. The van der Waals surface area contributed by atoms with Crippen LogP contribution in [0.5, 0.6) is 0 Å². The molecule has 0 radical (unpaired) electrons. The number of nitrogens with zero attached hydrogens (tertiary/aromatic N) is 2. The molecule has 1 aliphatic rings. The molecule has 6 heteroatoms. The predicted molar refractivity (Wildman–Crippen MR) is 102 cm³/mol. The quantitative estimate of drug-likeness (QED) is 0.679. The number of hydrogen-bond donors (Lipinski definition) is 1. The standard InChI is InChI=1S/C19H19ClN2O2S/c20-18-6-5-14(25-18)11-22-12-16(15-3-1-2-4-17(15)22)13-7-9-21(10-8-13)19(23)24/h1-6,12-13H,7-11H2,(H,23,24). The summed E-state index contributed by atoms with van der Waals surface area (Å²) in [5.41, 5.74) is 2.56. The molecular formula is C19H19ClN2O2S. The van der Waals surface area contributed by atoms with Crippen molar-refractivity contribution in [2.45, 2.75) is 25.3 Å². The van der Waals surface area contributed by atoms with E-state index in [4.69, 9.17) is 16.7 Å². The minimum Gasteiger partial charge on any atom is -0.465 e. The molecule has 3 heterocycles. The number of hydrogen-bond acceptors (Lipinski definition) is 2. The maximum atomic E-state index is 11.1. The number of halogens is 1. The Morgan fingerprint density at radius 1 is 1.20 bits per heavy atom. The van der Waals surface area contributed by atoms with Crippen molar-refractivity contribution in [1.29, 1.82) is 0 Å². The van der Waals surface area contributed by atoms with Gasteiger partial charge >= 0.3 is 6.09 Å². The number of likely N-dealkylation sites (tertiary alicyclic amines) is 1. The van der Waals surface area contributed by atoms with Crippen molar-refractivity contribution in [3.8, 4) is 0 Å². The lowest BCUT2D eigenvalue weighted by molar-refractivity contribution is 0.132. The smallest absolute Gasteiger partial charge is 0.407 e. The lowest BCUT2D eigenvalue weighted by atomic mass is 9.89. The lowest BCUT2D eigenvalue weighted by Crippen LogP contribution is -2.36. The highest BCUT2D eigenvalue weighted by atomic mass is 35.5. The summed E-state index contributed by atoms with van der Waals surface area (Å²) in [7, 11) is 0. The Balaban J connectivity index is 1.64. The van der Waals surface area contributed by atoms with Gasteiger partial charge in [0, 0.05) is 35.1 Å². The molecule has 0 spiro atoms. The molecular weight excluding hydrogens is 356 g/mol. The minimum atomic E-state index is -0.810. The van der Waals surface area contributed by atoms with Crippen LogP contribution in [-0.4, -0.2) is 33.8 Å². The topological polar surface area (TPSA) is 45.5 Å². The van der Waals surface area contributed by atoms with E-state index in [0.717, 1.165) is 23.7 Å². The number of carbonyl (C=O) groups is 1. The SMILES string of the molecule is O=C(O)N1CCC(c2cn(Cc3ccc(Cl)s3)c3ccccc23)CC1. The summed E-state index contributed by atoms with van der Waals surface area (Å²) in [5, 5.41) is 10.4. The van der Waals surface area contributed by atoms with Gasteiger partial charge in [0.05, 0.1) is 10.9 Å². The minimum absolute atomic E-state index is 0.411. The molecule has 3 aromatic rings. The number of benzene rings is 1. The molecule has 130 valence electrons. The van der Waals surface area contributed by atoms with Gasteiger partial charge in [0.25, 0.3) is 0 Å². The van der Waals surface area contributed by atoms with Crippen molar-refractivity contribution < 1.29 is 9.90 Å². The molecule has 4 nitrogen and oxygen atoms in total. The molecule has 1 N–H and O–H groups in total. The number of carboxylic acid groups (broad SMARTS) is 1. The molecule has 0 aliphatic carbocycles. The van der Waals surface area contributed by atoms with Crippen LogP contribution in [0.2, 0.25) is 4.34 Å². The number of para-hydroxylation sites is 1. The van der Waals surface area contributed by atoms with Gasteiger partial charge in [0.15, 0.2) is 0 Å². The van der Waals surface area contributed by atoms with Crippen LogP contribution >= 0.6 is 22.9 Å². The van der Waals surface area contributed by atoms with Gasteiger partial charge in [0.2, 0.25) is 0 Å². The molecule has 1 aromatic carbocycles. The molecule has 0 atom stereocenters. The fourth-order valence-electron chi connectivity index (χ4n) is 3.72. The third-order valence-corrected chi connectivity index (χ3v) is 6.20. The second-order valence-corrected chi connectivity index (χ2v) is 8.28. The maximum Gasteiger partial charge on any atom is 0.407 e. The van der Waals surface area contributed by atoms with E-state index in [9.17, 15) is 4.79 Å². The van der Waals surface area contributed by atoms with Crippen molar-refractivity contribution in [1.82, 2.24) is 9.47 Å². The summed E-state index contributed by atoms with van der Waals surface area (Å²) >= 11 is 7.68. The number of fused-ring (bicyclic) bond motifs is 1. The molecule has 1 fully saturated rings. The molecule has 0 unspecified atom stereocenters. The van der Waals surface area contributed by atoms with Crippen molar-refractivity contribution in [3.63, 3.8) is 0 Å². The highest BCUT2D eigenvalue weighted by Crippen LogP contribution is 2.35. The first-order valence-electron chi connectivity index (χ1n) is 8.41. The Labute approximate surface area is 155 Å². The highest BCUT2D eigenvalue weighted by Gasteiger charge is 2.25. The van der Waals surface area contributed by atoms with E-state index in [2.05, 4.69) is 41.1 Å². The summed E-state index contributed by atoms with van der Waals surface area (Å²) in [5.74, 6) is 0.411. The van der Waals surface area contributed by atoms with Crippen molar-refractivity contribution >= 4 is 39.9 Å². The van der Waals surface area contributed by atoms with E-state index in [1.165, 1.54) is 26.2 Å². The Morgan fingerprint density at radius 2 is 1.96 bits per heavy atom. The highest BCUT2D eigenvalue weighted by molar-refractivity contribution is 7.16. The fourth-order valence-corrected chi connectivity index (χ4v) is 4.80. The number of aromatic nitrogens is 1. The van der Waals surface area contributed by atoms with Crippen LogP contribution in [0.4, 0.5) is 4.79 Å². The van der Waals surface area contributed by atoms with Gasteiger partial charge in [-0.05, 0) is 42.5 Å². The van der Waals surface area contributed by atoms with Crippen molar-refractivity contribution in [3.05, 3.63) is 57.4 Å². The molecule has 1 saturated heterocycles. The lowest BCUT2D eigenvalue weighted by Gasteiger charge is -2.29. The molecule has 2 aromatic heterocycles. The fraction of sp³-hybridized carbons (Fsp3) is 0.316. The average Bonchev–Trinajstić information content (AvgIpc) is 3.19. The zero-order chi connectivity index (χ0) is 17.4. The predicted octanol–water partition coefficient (Wildman–Crippen LogP) is 5.26. The molecule has 1 aliphatic heterocycles. The first kappa shape index (κ1) is 16.5. The average molecular weight is 375 g/mol.